The van der Waals surface area contributed by atoms with E-state index >= 15 is 0 Å². The maximum atomic E-state index is 4.59. The summed E-state index contributed by atoms with van der Waals surface area (Å²) in [5.74, 6) is 0.741. The van der Waals surface area contributed by atoms with Crippen molar-refractivity contribution in [2.45, 2.75) is 51.6 Å². The zero-order valence-electron chi connectivity index (χ0n) is 13.6. The minimum atomic E-state index is 0.425. The van der Waals surface area contributed by atoms with Gasteiger partial charge in [0.15, 0.2) is 0 Å². The number of likely N-dealkylation sites (N-methyl/N-ethyl adjacent to an activating group) is 1. The molecule has 21 heavy (non-hydrogen) atoms. The van der Waals surface area contributed by atoms with Crippen molar-refractivity contribution in [2.75, 3.05) is 27.2 Å². The first kappa shape index (κ1) is 17.0. The van der Waals surface area contributed by atoms with Crippen LogP contribution in [0.3, 0.4) is 0 Å². The van der Waals surface area contributed by atoms with Crippen molar-refractivity contribution in [1.82, 2.24) is 20.0 Å². The molecule has 1 N–H and O–H groups in total. The summed E-state index contributed by atoms with van der Waals surface area (Å²) < 4.78 is 3.34. The highest BCUT2D eigenvalue weighted by molar-refractivity contribution is 9.10. The van der Waals surface area contributed by atoms with Gasteiger partial charge in [-0.3, -0.25) is 4.68 Å². The van der Waals surface area contributed by atoms with Crippen LogP contribution in [0.5, 0.6) is 0 Å². The number of rotatable bonds is 7. The van der Waals surface area contributed by atoms with Crippen molar-refractivity contribution in [2.24, 2.45) is 5.92 Å². The van der Waals surface area contributed by atoms with Crippen LogP contribution in [0, 0.1) is 5.92 Å². The van der Waals surface area contributed by atoms with E-state index in [2.05, 4.69) is 56.9 Å². The first-order chi connectivity index (χ1) is 10.1. The van der Waals surface area contributed by atoms with Crippen LogP contribution >= 0.6 is 15.9 Å². The van der Waals surface area contributed by atoms with Crippen LogP contribution in [0.15, 0.2) is 10.7 Å². The zero-order chi connectivity index (χ0) is 15.2. The summed E-state index contributed by atoms with van der Waals surface area (Å²) in [5, 5.41) is 8.31. The maximum absolute atomic E-state index is 4.59. The van der Waals surface area contributed by atoms with Crippen LogP contribution in [-0.2, 0) is 6.54 Å². The van der Waals surface area contributed by atoms with Crippen molar-refractivity contribution in [3.63, 3.8) is 0 Å². The fourth-order valence-corrected chi connectivity index (χ4v) is 3.87. The van der Waals surface area contributed by atoms with Gasteiger partial charge in [-0.15, -0.1) is 0 Å². The Morgan fingerprint density at radius 3 is 2.71 bits per heavy atom. The van der Waals surface area contributed by atoms with Crippen molar-refractivity contribution in [1.29, 1.82) is 0 Å². The topological polar surface area (TPSA) is 33.1 Å². The van der Waals surface area contributed by atoms with E-state index < -0.39 is 0 Å². The number of halogens is 1. The van der Waals surface area contributed by atoms with Gasteiger partial charge < -0.3 is 10.2 Å². The smallest absolute Gasteiger partial charge is 0.0699 e. The van der Waals surface area contributed by atoms with E-state index in [0.29, 0.717) is 6.04 Å². The van der Waals surface area contributed by atoms with Gasteiger partial charge in [0.1, 0.15) is 0 Å². The van der Waals surface area contributed by atoms with Gasteiger partial charge in [-0.2, -0.15) is 5.10 Å². The lowest BCUT2D eigenvalue weighted by Gasteiger charge is -2.31. The molecule has 1 fully saturated rings. The summed E-state index contributed by atoms with van der Waals surface area (Å²) in [4.78, 5) is 2.21. The van der Waals surface area contributed by atoms with Gasteiger partial charge in [0.05, 0.1) is 29.0 Å². The molecule has 1 saturated carbocycles. The molecular formula is C16H29BrN4. The van der Waals surface area contributed by atoms with Gasteiger partial charge >= 0.3 is 0 Å². The van der Waals surface area contributed by atoms with Gasteiger partial charge in [-0.05, 0) is 55.3 Å². The lowest BCUT2D eigenvalue weighted by Crippen LogP contribution is -2.32. The monoisotopic (exact) mass is 356 g/mol. The van der Waals surface area contributed by atoms with Crippen LogP contribution in [0.2, 0.25) is 0 Å². The van der Waals surface area contributed by atoms with E-state index in [9.17, 15) is 0 Å². The van der Waals surface area contributed by atoms with Crippen LogP contribution in [0.4, 0.5) is 0 Å². The molecule has 0 aliphatic heterocycles. The largest absolute Gasteiger partial charge is 0.309 e. The summed E-state index contributed by atoms with van der Waals surface area (Å²) in [7, 11) is 4.22. The molecule has 4 nitrogen and oxygen atoms in total. The molecular weight excluding hydrogens is 328 g/mol. The number of aromatic nitrogens is 2. The van der Waals surface area contributed by atoms with E-state index in [1.165, 1.54) is 37.8 Å². The quantitative estimate of drug-likeness (QED) is 0.812. The Labute approximate surface area is 137 Å². The van der Waals surface area contributed by atoms with Crippen LogP contribution < -0.4 is 5.32 Å². The van der Waals surface area contributed by atoms with Crippen molar-refractivity contribution >= 4 is 15.9 Å². The first-order valence-corrected chi connectivity index (χ1v) is 9.02. The molecule has 1 aromatic rings. The highest BCUT2D eigenvalue weighted by Gasteiger charge is 2.28. The average Bonchev–Trinajstić information content (AvgIpc) is 2.84. The molecule has 1 unspecified atom stereocenters. The second kappa shape index (κ2) is 8.30. The Kier molecular flexibility index (Phi) is 6.71. The minimum absolute atomic E-state index is 0.425. The molecule has 1 aliphatic rings. The molecule has 5 heteroatoms. The van der Waals surface area contributed by atoms with Crippen LogP contribution in [0.25, 0.3) is 0 Å². The molecule has 0 aromatic carbocycles. The Bertz CT molecular complexity index is 424. The fraction of sp³-hybridized carbons (Fsp3) is 0.812. The molecule has 120 valence electrons. The Hall–Kier alpha value is -0.390. The van der Waals surface area contributed by atoms with Crippen LogP contribution in [0.1, 0.15) is 50.8 Å². The molecule has 1 atom stereocenters. The second-order valence-electron chi connectivity index (χ2n) is 6.34. The Balaban J connectivity index is 2.19. The Morgan fingerprint density at radius 2 is 2.10 bits per heavy atom. The van der Waals surface area contributed by atoms with E-state index in [0.717, 1.165) is 30.0 Å². The molecule has 1 aliphatic carbocycles. The van der Waals surface area contributed by atoms with Gasteiger partial charge in [-0.25, -0.2) is 0 Å². The summed E-state index contributed by atoms with van der Waals surface area (Å²) in [5.41, 5.74) is 1.34. The van der Waals surface area contributed by atoms with Crippen LogP contribution in [-0.4, -0.2) is 41.9 Å². The highest BCUT2D eigenvalue weighted by atomic mass is 79.9. The highest BCUT2D eigenvalue weighted by Crippen LogP contribution is 2.37. The van der Waals surface area contributed by atoms with E-state index in [4.69, 9.17) is 0 Å². The second-order valence-corrected chi connectivity index (χ2v) is 7.19. The predicted molar refractivity (Wildman–Crippen MR) is 91.5 cm³/mol. The van der Waals surface area contributed by atoms with Crippen molar-refractivity contribution in [3.05, 3.63) is 16.4 Å². The predicted octanol–water partition coefficient (Wildman–Crippen LogP) is 3.44. The summed E-state index contributed by atoms with van der Waals surface area (Å²) in [6.07, 6.45) is 8.77. The molecule has 0 amide bonds. The van der Waals surface area contributed by atoms with Gasteiger partial charge in [-0.1, -0.05) is 26.2 Å². The third-order valence-electron chi connectivity index (χ3n) is 4.43. The standard InChI is InChI=1S/C16H29BrN4/c1-4-18-15(13-8-6-5-7-9-13)16-14(17)12-19-21(16)11-10-20(2)3/h12-13,15,18H,4-11H2,1-3H3. The number of hydrogen-bond acceptors (Lipinski definition) is 3. The normalized spacial score (nSPS) is 18.3. The SMILES string of the molecule is CCNC(c1c(Br)cnn1CCN(C)C)C1CCCCC1. The Morgan fingerprint density at radius 1 is 1.38 bits per heavy atom. The number of hydrogen-bond donors (Lipinski definition) is 1. The van der Waals surface area contributed by atoms with Gasteiger partial charge in [0.2, 0.25) is 0 Å². The molecule has 0 bridgehead atoms. The van der Waals surface area contributed by atoms with E-state index in [-0.39, 0.29) is 0 Å². The first-order valence-electron chi connectivity index (χ1n) is 8.22. The number of nitrogens with one attached hydrogen (secondary N) is 1. The number of nitrogens with zero attached hydrogens (tertiary/aromatic N) is 3. The molecule has 1 aromatic heterocycles. The van der Waals surface area contributed by atoms with Crippen molar-refractivity contribution in [3.8, 4) is 0 Å². The third kappa shape index (κ3) is 4.54. The van der Waals surface area contributed by atoms with E-state index in [1.807, 2.05) is 6.20 Å². The third-order valence-corrected chi connectivity index (χ3v) is 5.04. The molecule has 0 radical (unpaired) electrons. The fourth-order valence-electron chi connectivity index (χ4n) is 3.33. The molecule has 0 saturated heterocycles. The average molecular weight is 357 g/mol. The summed E-state index contributed by atoms with van der Waals surface area (Å²) >= 11 is 3.72. The molecule has 0 spiro atoms. The maximum Gasteiger partial charge on any atom is 0.0699 e. The molecule has 2 rings (SSSR count). The minimum Gasteiger partial charge on any atom is -0.309 e. The van der Waals surface area contributed by atoms with E-state index in [1.54, 1.807) is 0 Å². The lowest BCUT2D eigenvalue weighted by atomic mass is 9.82. The summed E-state index contributed by atoms with van der Waals surface area (Å²) in [6, 6.07) is 0.425. The molecule has 1 heterocycles. The van der Waals surface area contributed by atoms with Crippen molar-refractivity contribution < 1.29 is 0 Å². The lowest BCUT2D eigenvalue weighted by molar-refractivity contribution is 0.259. The summed E-state index contributed by atoms with van der Waals surface area (Å²) in [6.45, 7) is 5.17. The van der Waals surface area contributed by atoms with Gasteiger partial charge in [0.25, 0.3) is 0 Å². The van der Waals surface area contributed by atoms with Gasteiger partial charge in [0, 0.05) is 6.54 Å². The zero-order valence-corrected chi connectivity index (χ0v) is 15.2.